The van der Waals surface area contributed by atoms with Crippen molar-refractivity contribution in [3.8, 4) is 0 Å². The molecule has 7 nitrogen and oxygen atoms in total. The van der Waals surface area contributed by atoms with E-state index in [4.69, 9.17) is 4.74 Å². The van der Waals surface area contributed by atoms with Crippen molar-refractivity contribution in [1.29, 1.82) is 0 Å². The number of aromatic nitrogens is 3. The number of halogens is 3. The molecule has 0 N–H and O–H groups in total. The number of carbonyl (C=O) groups is 1. The van der Waals surface area contributed by atoms with Crippen LogP contribution in [0.25, 0.3) is 0 Å². The van der Waals surface area contributed by atoms with Crippen LogP contribution in [0.5, 0.6) is 0 Å². The first-order chi connectivity index (χ1) is 19.2. The molecule has 0 bridgehead atoms. The average molecular weight is 554 g/mol. The highest BCUT2D eigenvalue weighted by molar-refractivity contribution is 6.10. The van der Waals surface area contributed by atoms with Crippen LogP contribution in [0.15, 0.2) is 42.7 Å². The van der Waals surface area contributed by atoms with Gasteiger partial charge in [0.25, 0.3) is 5.91 Å². The summed E-state index contributed by atoms with van der Waals surface area (Å²) in [7, 11) is 1.91. The molecule has 2 aromatic carbocycles. The molecule has 3 heterocycles. The topological polar surface area (TPSA) is 63.5 Å². The molecule has 2 fully saturated rings. The fourth-order valence-electron chi connectivity index (χ4n) is 6.06. The summed E-state index contributed by atoms with van der Waals surface area (Å²) in [6, 6.07) is 10.4. The van der Waals surface area contributed by atoms with Crippen LogP contribution in [0.1, 0.15) is 64.1 Å². The Morgan fingerprint density at radius 3 is 2.62 bits per heavy atom. The number of carbonyl (C=O) groups excluding carboxylic acids is 1. The van der Waals surface area contributed by atoms with Gasteiger partial charge in [-0.1, -0.05) is 12.1 Å². The minimum absolute atomic E-state index is 0.0676. The highest BCUT2D eigenvalue weighted by Crippen LogP contribution is 2.53. The van der Waals surface area contributed by atoms with Crippen molar-refractivity contribution in [3.63, 3.8) is 0 Å². The van der Waals surface area contributed by atoms with Gasteiger partial charge in [0, 0.05) is 44.4 Å². The summed E-state index contributed by atoms with van der Waals surface area (Å²) in [6.45, 7) is 3.29. The zero-order valence-corrected chi connectivity index (χ0v) is 22.7. The summed E-state index contributed by atoms with van der Waals surface area (Å²) in [4.78, 5) is 17.1. The highest BCUT2D eigenvalue weighted by atomic mass is 19.4. The van der Waals surface area contributed by atoms with Crippen LogP contribution < -0.4 is 4.90 Å². The number of anilines is 1. The Balaban J connectivity index is 1.10. The summed E-state index contributed by atoms with van der Waals surface area (Å²) in [5.41, 5.74) is 2.06. The minimum atomic E-state index is -4.52. The molecule has 6 rings (SSSR count). The molecule has 1 aliphatic carbocycles. The first-order valence-electron chi connectivity index (χ1n) is 14.0. The molecular formula is C30H34F3N5O2. The highest BCUT2D eigenvalue weighted by Gasteiger charge is 2.47. The molecule has 40 heavy (non-hydrogen) atoms. The van der Waals surface area contributed by atoms with Gasteiger partial charge in [0.2, 0.25) is 0 Å². The van der Waals surface area contributed by atoms with Gasteiger partial charge in [-0.3, -0.25) is 9.69 Å². The minimum Gasteiger partial charge on any atom is -0.381 e. The second-order valence-corrected chi connectivity index (χ2v) is 11.5. The lowest BCUT2D eigenvalue weighted by molar-refractivity contribution is -0.138. The Hall–Kier alpha value is -3.24. The Kier molecular flexibility index (Phi) is 7.16. The Bertz CT molecular complexity index is 1400. The quantitative estimate of drug-likeness (QED) is 0.324. The van der Waals surface area contributed by atoms with E-state index in [9.17, 15) is 18.0 Å². The number of likely N-dealkylation sites (tertiary alicyclic amines) is 1. The fraction of sp³-hybridized carbons (Fsp3) is 0.500. The standard InChI is InChI=1S/C30H34F3N5O2/c1-36-20-34-35-27(36)6-3-12-40-13-7-21-4-2-5-23(14-21)38-18-25-24(28(38)39)15-22(16-26(25)30(31,32)33)17-37-11-10-29(19-37)8-9-29/h2,4-5,14-16,20H,3,6-13,17-19H2,1H3. The summed E-state index contributed by atoms with van der Waals surface area (Å²) in [6.07, 6.45) is 2.94. The molecule has 0 unspecified atom stereocenters. The van der Waals surface area contributed by atoms with E-state index < -0.39 is 11.7 Å². The molecule has 1 aromatic heterocycles. The number of amides is 1. The number of alkyl halides is 3. The number of fused-ring (bicyclic) bond motifs is 1. The number of hydrogen-bond donors (Lipinski definition) is 0. The second-order valence-electron chi connectivity index (χ2n) is 11.5. The summed E-state index contributed by atoms with van der Waals surface area (Å²) in [5.74, 6) is 0.538. The van der Waals surface area contributed by atoms with E-state index in [2.05, 4.69) is 15.1 Å². The molecule has 1 spiro atoms. The van der Waals surface area contributed by atoms with E-state index in [1.165, 1.54) is 23.8 Å². The third kappa shape index (κ3) is 5.65. The number of aryl methyl sites for hydroxylation is 2. The van der Waals surface area contributed by atoms with Crippen molar-refractivity contribution in [1.82, 2.24) is 19.7 Å². The largest absolute Gasteiger partial charge is 0.416 e. The smallest absolute Gasteiger partial charge is 0.381 e. The lowest BCUT2D eigenvalue weighted by Crippen LogP contribution is -2.23. The molecule has 1 saturated carbocycles. The van der Waals surface area contributed by atoms with E-state index in [1.807, 2.05) is 29.8 Å². The zero-order valence-electron chi connectivity index (χ0n) is 22.7. The van der Waals surface area contributed by atoms with Gasteiger partial charge in [0.1, 0.15) is 12.2 Å². The normalized spacial score (nSPS) is 18.2. The zero-order chi connectivity index (χ0) is 27.9. The average Bonchev–Trinajstić information content (AvgIpc) is 3.19. The second kappa shape index (κ2) is 10.6. The molecule has 2 aliphatic heterocycles. The van der Waals surface area contributed by atoms with Crippen LogP contribution in [0.3, 0.4) is 0 Å². The van der Waals surface area contributed by atoms with Crippen molar-refractivity contribution in [3.05, 3.63) is 76.4 Å². The van der Waals surface area contributed by atoms with Crippen LogP contribution in [-0.2, 0) is 43.9 Å². The predicted molar refractivity (Wildman–Crippen MR) is 144 cm³/mol. The molecule has 10 heteroatoms. The molecule has 1 saturated heterocycles. The van der Waals surface area contributed by atoms with Crippen molar-refractivity contribution in [2.75, 3.05) is 31.2 Å². The monoisotopic (exact) mass is 553 g/mol. The summed E-state index contributed by atoms with van der Waals surface area (Å²) in [5, 5.41) is 7.93. The SMILES string of the molecule is Cn1cnnc1CCCOCCc1cccc(N2Cc3c(cc(CN4CCC5(CC5)C4)cc3C(F)(F)F)C2=O)c1. The van der Waals surface area contributed by atoms with Gasteiger partial charge in [-0.25, -0.2) is 0 Å². The van der Waals surface area contributed by atoms with Crippen LogP contribution in [-0.4, -0.2) is 51.9 Å². The van der Waals surface area contributed by atoms with E-state index >= 15 is 0 Å². The van der Waals surface area contributed by atoms with Crippen molar-refractivity contribution >= 4 is 11.6 Å². The maximum Gasteiger partial charge on any atom is 0.416 e. The molecule has 3 aliphatic rings. The first-order valence-corrected chi connectivity index (χ1v) is 14.0. The molecule has 212 valence electrons. The predicted octanol–water partition coefficient (Wildman–Crippen LogP) is 5.17. The lowest BCUT2D eigenvalue weighted by Gasteiger charge is -2.18. The van der Waals surface area contributed by atoms with Crippen LogP contribution in [0.4, 0.5) is 18.9 Å². The maximum atomic E-state index is 14.2. The van der Waals surface area contributed by atoms with Gasteiger partial charge in [0.15, 0.2) is 0 Å². The Morgan fingerprint density at radius 2 is 1.90 bits per heavy atom. The summed E-state index contributed by atoms with van der Waals surface area (Å²) >= 11 is 0. The molecule has 3 aromatic rings. The van der Waals surface area contributed by atoms with Gasteiger partial charge < -0.3 is 14.2 Å². The number of ether oxygens (including phenoxy) is 1. The van der Waals surface area contributed by atoms with Gasteiger partial charge in [-0.2, -0.15) is 13.2 Å². The Morgan fingerprint density at radius 1 is 1.05 bits per heavy atom. The molecular weight excluding hydrogens is 519 g/mol. The van der Waals surface area contributed by atoms with Crippen molar-refractivity contribution in [2.24, 2.45) is 12.5 Å². The molecule has 0 atom stereocenters. The Labute approximate surface area is 231 Å². The number of rotatable bonds is 10. The van der Waals surface area contributed by atoms with Crippen LogP contribution in [0, 0.1) is 5.41 Å². The first kappa shape index (κ1) is 27.0. The van der Waals surface area contributed by atoms with Crippen LogP contribution >= 0.6 is 0 Å². The third-order valence-corrected chi connectivity index (χ3v) is 8.54. The molecule has 0 radical (unpaired) electrons. The van der Waals surface area contributed by atoms with E-state index in [-0.39, 0.29) is 23.6 Å². The fourth-order valence-corrected chi connectivity index (χ4v) is 6.06. The number of benzene rings is 2. The van der Waals surface area contributed by atoms with Crippen molar-refractivity contribution < 1.29 is 22.7 Å². The van der Waals surface area contributed by atoms with Gasteiger partial charge >= 0.3 is 6.18 Å². The lowest BCUT2D eigenvalue weighted by atomic mass is 9.98. The van der Waals surface area contributed by atoms with E-state index in [0.29, 0.717) is 42.8 Å². The van der Waals surface area contributed by atoms with E-state index in [1.54, 1.807) is 18.5 Å². The maximum absolute atomic E-state index is 14.2. The third-order valence-electron chi connectivity index (χ3n) is 8.54. The molecule has 1 amide bonds. The van der Waals surface area contributed by atoms with Gasteiger partial charge in [0.05, 0.1) is 18.7 Å². The number of nitrogens with zero attached hydrogens (tertiary/aromatic N) is 5. The van der Waals surface area contributed by atoms with Crippen LogP contribution in [0.2, 0.25) is 0 Å². The van der Waals surface area contributed by atoms with E-state index in [0.717, 1.165) is 43.7 Å². The van der Waals surface area contributed by atoms with Crippen molar-refractivity contribution in [2.45, 2.75) is 57.8 Å². The summed E-state index contributed by atoms with van der Waals surface area (Å²) < 4.78 is 50.1. The number of hydrogen-bond acceptors (Lipinski definition) is 5. The van der Waals surface area contributed by atoms with Gasteiger partial charge in [-0.05, 0) is 85.0 Å². The van der Waals surface area contributed by atoms with Gasteiger partial charge in [-0.15, -0.1) is 10.2 Å².